The molecule has 0 saturated carbocycles. The van der Waals surface area contributed by atoms with E-state index in [1.807, 2.05) is 17.9 Å². The fourth-order valence-corrected chi connectivity index (χ4v) is 3.77. The number of allylic oxidation sites excluding steroid dienone is 2. The van der Waals surface area contributed by atoms with Gasteiger partial charge in [0, 0.05) is 23.9 Å². The van der Waals surface area contributed by atoms with E-state index in [0.29, 0.717) is 6.54 Å². The molecule has 1 saturated heterocycles. The summed E-state index contributed by atoms with van der Waals surface area (Å²) >= 11 is 0. The van der Waals surface area contributed by atoms with E-state index in [4.69, 9.17) is 0 Å². The van der Waals surface area contributed by atoms with Gasteiger partial charge in [0.2, 0.25) is 0 Å². The second-order valence-electron chi connectivity index (χ2n) is 6.23. The number of carbonyl (C=O) groups excluding carboxylic acids is 1. The number of rotatable bonds is 2. The molecule has 1 aromatic heterocycles. The molecule has 0 radical (unpaired) electrons. The zero-order valence-electron chi connectivity index (χ0n) is 12.9. The minimum absolute atomic E-state index is 0.169. The Morgan fingerprint density at radius 1 is 1.41 bits per heavy atom. The fraction of sp³-hybridized carbons (Fsp3) is 0.412. The second-order valence-corrected chi connectivity index (χ2v) is 6.23. The van der Waals surface area contributed by atoms with E-state index in [0.717, 1.165) is 29.9 Å². The van der Waals surface area contributed by atoms with E-state index in [1.165, 1.54) is 5.57 Å². The standard InChI is InChI=1S/C17H20N4O/c1-11-13(19-10-18-11)9-21-8-7-15-16(17(21)22)12-5-3-4-6-14(12)20(15)2/h3-6,10,14-15H,7-9H2,1-2H3,(H,18,19). The van der Waals surface area contributed by atoms with Crippen LogP contribution in [0.4, 0.5) is 0 Å². The summed E-state index contributed by atoms with van der Waals surface area (Å²) in [6, 6.07) is 0.498. The molecule has 1 amide bonds. The van der Waals surface area contributed by atoms with Gasteiger partial charge in [-0.25, -0.2) is 4.98 Å². The molecule has 3 heterocycles. The molecule has 1 N–H and O–H groups in total. The van der Waals surface area contributed by atoms with E-state index in [9.17, 15) is 4.79 Å². The molecule has 4 rings (SSSR count). The molecule has 2 atom stereocenters. The van der Waals surface area contributed by atoms with Crippen LogP contribution in [-0.4, -0.2) is 51.4 Å². The van der Waals surface area contributed by atoms with Crippen LogP contribution < -0.4 is 0 Å². The van der Waals surface area contributed by atoms with Gasteiger partial charge in [-0.3, -0.25) is 9.69 Å². The fourth-order valence-electron chi connectivity index (χ4n) is 3.77. The molecule has 0 aromatic carbocycles. The van der Waals surface area contributed by atoms with Crippen LogP contribution in [0.25, 0.3) is 0 Å². The first-order chi connectivity index (χ1) is 10.7. The van der Waals surface area contributed by atoms with Gasteiger partial charge >= 0.3 is 0 Å². The van der Waals surface area contributed by atoms with E-state index in [-0.39, 0.29) is 18.0 Å². The lowest BCUT2D eigenvalue weighted by Gasteiger charge is -2.34. The van der Waals surface area contributed by atoms with E-state index < -0.39 is 0 Å². The zero-order chi connectivity index (χ0) is 15.3. The average Bonchev–Trinajstić information content (AvgIpc) is 3.05. The van der Waals surface area contributed by atoms with Gasteiger partial charge in [-0.2, -0.15) is 0 Å². The highest BCUT2D eigenvalue weighted by Crippen LogP contribution is 2.38. The first kappa shape index (κ1) is 13.5. The molecule has 2 aliphatic heterocycles. The Morgan fingerprint density at radius 3 is 3.05 bits per heavy atom. The van der Waals surface area contributed by atoms with Crippen molar-refractivity contribution in [3.8, 4) is 0 Å². The van der Waals surface area contributed by atoms with Crippen LogP contribution in [0.3, 0.4) is 0 Å². The van der Waals surface area contributed by atoms with Crippen LogP contribution in [0.15, 0.2) is 41.8 Å². The molecule has 0 bridgehead atoms. The second kappa shape index (κ2) is 4.95. The van der Waals surface area contributed by atoms with Gasteiger partial charge in [-0.15, -0.1) is 0 Å². The zero-order valence-corrected chi connectivity index (χ0v) is 12.9. The Morgan fingerprint density at radius 2 is 2.27 bits per heavy atom. The molecule has 5 heteroatoms. The van der Waals surface area contributed by atoms with Crippen molar-refractivity contribution < 1.29 is 4.79 Å². The van der Waals surface area contributed by atoms with Gasteiger partial charge in [0.15, 0.2) is 0 Å². The highest BCUT2D eigenvalue weighted by molar-refractivity contribution is 5.98. The summed E-state index contributed by atoms with van der Waals surface area (Å²) in [5.74, 6) is 0.169. The number of imidazole rings is 1. The predicted molar refractivity (Wildman–Crippen MR) is 84.0 cm³/mol. The maximum absolute atomic E-state index is 13.0. The average molecular weight is 296 g/mol. The smallest absolute Gasteiger partial charge is 0.252 e. The van der Waals surface area contributed by atoms with Crippen LogP contribution in [0, 0.1) is 6.92 Å². The highest BCUT2D eigenvalue weighted by atomic mass is 16.2. The number of H-pyrrole nitrogens is 1. The molecule has 1 fully saturated rings. The van der Waals surface area contributed by atoms with E-state index in [1.54, 1.807) is 6.33 Å². The number of aromatic amines is 1. The number of nitrogens with one attached hydrogen (secondary N) is 1. The number of carbonyl (C=O) groups is 1. The van der Waals surface area contributed by atoms with Crippen molar-refractivity contribution in [3.63, 3.8) is 0 Å². The molecule has 1 aliphatic carbocycles. The molecule has 5 nitrogen and oxygen atoms in total. The Bertz CT molecular complexity index is 712. The quantitative estimate of drug-likeness (QED) is 0.901. The SMILES string of the molecule is Cc1[nH]cnc1CN1CCC2C(=C3C=CC=CC3N2C)C1=O. The number of hydrogen-bond acceptors (Lipinski definition) is 3. The van der Waals surface area contributed by atoms with E-state index >= 15 is 0 Å². The molecule has 0 spiro atoms. The van der Waals surface area contributed by atoms with Gasteiger partial charge in [-0.1, -0.05) is 24.3 Å². The summed E-state index contributed by atoms with van der Waals surface area (Å²) in [6.07, 6.45) is 11.0. The molecule has 3 aliphatic rings. The van der Waals surface area contributed by atoms with Gasteiger partial charge < -0.3 is 9.88 Å². The van der Waals surface area contributed by atoms with Crippen molar-refractivity contribution in [1.29, 1.82) is 0 Å². The molecular formula is C17H20N4O. The van der Waals surface area contributed by atoms with Crippen molar-refractivity contribution >= 4 is 5.91 Å². The normalized spacial score (nSPS) is 27.5. The third kappa shape index (κ3) is 1.89. The Labute approximate surface area is 130 Å². The lowest BCUT2D eigenvalue weighted by molar-refractivity contribution is -0.130. The minimum atomic E-state index is 0.169. The number of aromatic nitrogens is 2. The molecular weight excluding hydrogens is 276 g/mol. The van der Waals surface area contributed by atoms with Crippen LogP contribution in [0.1, 0.15) is 17.8 Å². The number of fused-ring (bicyclic) bond motifs is 2. The predicted octanol–water partition coefficient (Wildman–Crippen LogP) is 1.56. The number of likely N-dealkylation sites (tertiary alicyclic amines) is 1. The monoisotopic (exact) mass is 296 g/mol. The van der Waals surface area contributed by atoms with Crippen LogP contribution in [0.2, 0.25) is 0 Å². The maximum atomic E-state index is 13.0. The number of aryl methyl sites for hydroxylation is 1. The number of piperidine rings is 1. The Balaban J connectivity index is 1.65. The largest absolute Gasteiger partial charge is 0.348 e. The topological polar surface area (TPSA) is 52.2 Å². The van der Waals surface area contributed by atoms with Crippen molar-refractivity contribution in [2.24, 2.45) is 0 Å². The maximum Gasteiger partial charge on any atom is 0.252 e. The first-order valence-electron chi connectivity index (χ1n) is 7.76. The van der Waals surface area contributed by atoms with E-state index in [2.05, 4.69) is 40.1 Å². The number of hydrogen-bond donors (Lipinski definition) is 1. The van der Waals surface area contributed by atoms with Gasteiger partial charge in [0.1, 0.15) is 0 Å². The Hall–Kier alpha value is -2.14. The summed E-state index contributed by atoms with van der Waals surface area (Å²) in [5, 5.41) is 0. The summed E-state index contributed by atoms with van der Waals surface area (Å²) in [7, 11) is 2.12. The first-order valence-corrected chi connectivity index (χ1v) is 7.76. The van der Waals surface area contributed by atoms with Crippen molar-refractivity contribution in [1.82, 2.24) is 19.8 Å². The van der Waals surface area contributed by atoms with Crippen LogP contribution >= 0.6 is 0 Å². The number of likely N-dealkylation sites (N-methyl/N-ethyl adjacent to an activating group) is 1. The van der Waals surface area contributed by atoms with Gasteiger partial charge in [0.05, 0.1) is 24.6 Å². The van der Waals surface area contributed by atoms with Gasteiger partial charge in [-0.05, 0) is 26.0 Å². The third-order valence-corrected chi connectivity index (χ3v) is 5.04. The van der Waals surface area contributed by atoms with Crippen molar-refractivity contribution in [3.05, 3.63) is 53.2 Å². The summed E-state index contributed by atoms with van der Waals surface area (Å²) in [5.41, 5.74) is 4.14. The molecule has 2 unspecified atom stereocenters. The number of amides is 1. The minimum Gasteiger partial charge on any atom is -0.348 e. The summed E-state index contributed by atoms with van der Waals surface area (Å²) < 4.78 is 0. The van der Waals surface area contributed by atoms with Crippen LogP contribution in [0.5, 0.6) is 0 Å². The summed E-state index contributed by atoms with van der Waals surface area (Å²) in [6.45, 7) is 3.37. The summed E-state index contributed by atoms with van der Waals surface area (Å²) in [4.78, 5) is 24.7. The molecule has 22 heavy (non-hydrogen) atoms. The lowest BCUT2D eigenvalue weighted by atomic mass is 9.94. The van der Waals surface area contributed by atoms with Crippen LogP contribution in [-0.2, 0) is 11.3 Å². The van der Waals surface area contributed by atoms with Gasteiger partial charge in [0.25, 0.3) is 5.91 Å². The lowest BCUT2D eigenvalue weighted by Crippen LogP contribution is -2.46. The molecule has 1 aromatic rings. The third-order valence-electron chi connectivity index (χ3n) is 5.04. The van der Waals surface area contributed by atoms with Crippen molar-refractivity contribution in [2.75, 3.05) is 13.6 Å². The van der Waals surface area contributed by atoms with Crippen molar-refractivity contribution in [2.45, 2.75) is 32.0 Å². The Kier molecular flexibility index (Phi) is 3.04. The number of nitrogens with zero attached hydrogens (tertiary/aromatic N) is 3. The highest BCUT2D eigenvalue weighted by Gasteiger charge is 2.43. The molecule has 114 valence electrons.